The van der Waals surface area contributed by atoms with Crippen molar-refractivity contribution in [2.75, 3.05) is 36.6 Å². The second-order valence-corrected chi connectivity index (χ2v) is 9.58. The molecule has 1 aliphatic rings. The maximum Gasteiger partial charge on any atom is 0.341 e. The molecule has 0 aliphatic heterocycles. The smallest absolute Gasteiger partial charge is 0.341 e. The number of rotatable bonds is 7. The van der Waals surface area contributed by atoms with Crippen LogP contribution in [0.4, 0.5) is 10.7 Å². The van der Waals surface area contributed by atoms with Crippen molar-refractivity contribution in [3.8, 4) is 5.75 Å². The monoisotopic (exact) mass is 438 g/mol. The third kappa shape index (κ3) is 4.54. The highest BCUT2D eigenvalue weighted by Crippen LogP contribution is 2.39. The summed E-state index contributed by atoms with van der Waals surface area (Å²) >= 11 is 1.34. The number of fused-ring (bicyclic) bond motifs is 1. The number of nitrogens with zero attached hydrogens (tertiary/aromatic N) is 1. The minimum absolute atomic E-state index is 0.338. The normalized spacial score (nSPS) is 12.9. The van der Waals surface area contributed by atoms with Gasteiger partial charge in [0, 0.05) is 4.88 Å². The lowest BCUT2D eigenvalue weighted by molar-refractivity contribution is -0.114. The van der Waals surface area contributed by atoms with Crippen molar-refractivity contribution >= 4 is 43.9 Å². The first-order valence-corrected chi connectivity index (χ1v) is 11.6. The van der Waals surface area contributed by atoms with E-state index in [1.807, 2.05) is 0 Å². The van der Waals surface area contributed by atoms with Gasteiger partial charge in [-0.05, 0) is 49.1 Å². The first kappa shape index (κ1) is 21.1. The number of sulfonamides is 1. The van der Waals surface area contributed by atoms with E-state index >= 15 is 0 Å². The van der Waals surface area contributed by atoms with Gasteiger partial charge in [-0.2, -0.15) is 0 Å². The van der Waals surface area contributed by atoms with E-state index in [1.54, 1.807) is 24.3 Å². The second-order valence-electron chi connectivity index (χ2n) is 6.57. The third-order valence-corrected chi connectivity index (χ3v) is 6.96. The molecule has 1 heterocycles. The molecule has 8 nitrogen and oxygen atoms in total. The summed E-state index contributed by atoms with van der Waals surface area (Å²) < 4.78 is 35.5. The highest BCUT2D eigenvalue weighted by molar-refractivity contribution is 7.92. The number of benzene rings is 1. The SMILES string of the molecule is COC(=O)c1c(NC(=O)CN(c2ccc(OC)cc2)S(C)(=O)=O)sc2c1CCC2. The first-order chi connectivity index (χ1) is 13.7. The molecule has 0 unspecified atom stereocenters. The molecule has 0 fully saturated rings. The van der Waals surface area contributed by atoms with Gasteiger partial charge in [-0.25, -0.2) is 13.2 Å². The van der Waals surface area contributed by atoms with Gasteiger partial charge in [0.05, 0.1) is 31.7 Å². The van der Waals surface area contributed by atoms with Crippen molar-refractivity contribution in [1.82, 2.24) is 0 Å². The fourth-order valence-corrected chi connectivity index (χ4v) is 5.41. The van der Waals surface area contributed by atoms with Crippen molar-refractivity contribution in [3.63, 3.8) is 0 Å². The highest BCUT2D eigenvalue weighted by Gasteiger charge is 2.29. The minimum atomic E-state index is -3.71. The molecule has 156 valence electrons. The Balaban J connectivity index is 1.84. The Morgan fingerprint density at radius 3 is 2.45 bits per heavy atom. The summed E-state index contributed by atoms with van der Waals surface area (Å²) in [5, 5.41) is 3.10. The molecule has 1 amide bonds. The van der Waals surface area contributed by atoms with Crippen LogP contribution in [0.3, 0.4) is 0 Å². The molecular formula is C19H22N2O6S2. The predicted molar refractivity (Wildman–Crippen MR) is 111 cm³/mol. The molecule has 1 aromatic heterocycles. The van der Waals surface area contributed by atoms with Crippen LogP contribution in [0, 0.1) is 0 Å². The summed E-state index contributed by atoms with van der Waals surface area (Å²) in [4.78, 5) is 25.9. The van der Waals surface area contributed by atoms with Gasteiger partial charge in [0.2, 0.25) is 15.9 Å². The Morgan fingerprint density at radius 1 is 1.17 bits per heavy atom. The van der Waals surface area contributed by atoms with Crippen LogP contribution in [0.25, 0.3) is 0 Å². The van der Waals surface area contributed by atoms with Gasteiger partial charge in [0.1, 0.15) is 17.3 Å². The summed E-state index contributed by atoms with van der Waals surface area (Å²) in [7, 11) is -0.907. The van der Waals surface area contributed by atoms with Crippen molar-refractivity contribution in [3.05, 3.63) is 40.3 Å². The summed E-state index contributed by atoms with van der Waals surface area (Å²) in [6.07, 6.45) is 3.59. The number of hydrogen-bond donors (Lipinski definition) is 1. The van der Waals surface area contributed by atoms with E-state index in [2.05, 4.69) is 5.32 Å². The van der Waals surface area contributed by atoms with E-state index in [0.717, 1.165) is 40.3 Å². The summed E-state index contributed by atoms with van der Waals surface area (Å²) in [5.41, 5.74) is 1.62. The van der Waals surface area contributed by atoms with E-state index in [1.165, 1.54) is 25.6 Å². The van der Waals surface area contributed by atoms with Crippen LogP contribution in [0.5, 0.6) is 5.75 Å². The molecule has 0 radical (unpaired) electrons. The van der Waals surface area contributed by atoms with Gasteiger partial charge in [0.15, 0.2) is 0 Å². The number of carbonyl (C=O) groups excluding carboxylic acids is 2. The van der Waals surface area contributed by atoms with Gasteiger partial charge in [-0.3, -0.25) is 9.10 Å². The highest BCUT2D eigenvalue weighted by atomic mass is 32.2. The lowest BCUT2D eigenvalue weighted by Crippen LogP contribution is -2.37. The molecule has 0 spiro atoms. The lowest BCUT2D eigenvalue weighted by atomic mass is 10.1. The molecule has 29 heavy (non-hydrogen) atoms. The lowest BCUT2D eigenvalue weighted by Gasteiger charge is -2.22. The zero-order valence-corrected chi connectivity index (χ0v) is 18.0. The van der Waals surface area contributed by atoms with Gasteiger partial charge >= 0.3 is 5.97 Å². The molecule has 10 heteroatoms. The summed E-state index contributed by atoms with van der Waals surface area (Å²) in [5.74, 6) is -0.478. The molecule has 0 bridgehead atoms. The van der Waals surface area contributed by atoms with Crippen LogP contribution in [0.1, 0.15) is 27.2 Å². The molecular weight excluding hydrogens is 416 g/mol. The average molecular weight is 439 g/mol. The molecule has 0 saturated heterocycles. The van der Waals surface area contributed by atoms with Crippen molar-refractivity contribution in [1.29, 1.82) is 0 Å². The van der Waals surface area contributed by atoms with Gasteiger partial charge < -0.3 is 14.8 Å². The Kier molecular flexibility index (Phi) is 6.13. The Bertz CT molecular complexity index is 1030. The number of aryl methyl sites for hydroxylation is 1. The van der Waals surface area contributed by atoms with Gasteiger partial charge in [-0.1, -0.05) is 0 Å². The standard InChI is InChI=1S/C19H22N2O6S2/c1-26-13-9-7-12(8-10-13)21(29(3,24)25)11-16(22)20-18-17(19(23)27-2)14-5-4-6-15(14)28-18/h7-10H,4-6,11H2,1-3H3,(H,20,22). The van der Waals surface area contributed by atoms with Crippen molar-refractivity contribution in [2.24, 2.45) is 0 Å². The quantitative estimate of drug-likeness (QED) is 0.666. The number of esters is 1. The summed E-state index contributed by atoms with van der Waals surface area (Å²) in [6, 6.07) is 6.36. The first-order valence-electron chi connectivity index (χ1n) is 8.89. The third-order valence-electron chi connectivity index (χ3n) is 4.61. The summed E-state index contributed by atoms with van der Waals surface area (Å²) in [6.45, 7) is -0.422. The Labute approximate surface area is 173 Å². The van der Waals surface area contributed by atoms with E-state index in [-0.39, 0.29) is 0 Å². The van der Waals surface area contributed by atoms with Crippen LogP contribution >= 0.6 is 11.3 Å². The fraction of sp³-hybridized carbons (Fsp3) is 0.368. The molecule has 1 aliphatic carbocycles. The molecule has 1 N–H and O–H groups in total. The zero-order chi connectivity index (χ0) is 21.2. The number of hydrogen-bond acceptors (Lipinski definition) is 7. The maximum atomic E-state index is 12.7. The number of amides is 1. The largest absolute Gasteiger partial charge is 0.497 e. The van der Waals surface area contributed by atoms with Crippen LogP contribution in [0.2, 0.25) is 0 Å². The van der Waals surface area contributed by atoms with Crippen LogP contribution in [-0.2, 0) is 32.4 Å². The van der Waals surface area contributed by atoms with E-state index < -0.39 is 28.4 Å². The predicted octanol–water partition coefficient (Wildman–Crippen LogP) is 2.44. The fourth-order valence-electron chi connectivity index (χ4n) is 3.26. The Hall–Kier alpha value is -2.59. The molecule has 3 rings (SSSR count). The van der Waals surface area contributed by atoms with E-state index in [0.29, 0.717) is 22.0 Å². The number of nitrogens with one attached hydrogen (secondary N) is 1. The van der Waals surface area contributed by atoms with Gasteiger partial charge in [0.25, 0.3) is 0 Å². The van der Waals surface area contributed by atoms with Crippen LogP contribution in [0.15, 0.2) is 24.3 Å². The minimum Gasteiger partial charge on any atom is -0.497 e. The van der Waals surface area contributed by atoms with Crippen LogP contribution in [-0.4, -0.2) is 47.3 Å². The second kappa shape index (κ2) is 8.42. The number of ether oxygens (including phenoxy) is 2. The van der Waals surface area contributed by atoms with E-state index in [9.17, 15) is 18.0 Å². The van der Waals surface area contributed by atoms with Crippen molar-refractivity contribution in [2.45, 2.75) is 19.3 Å². The average Bonchev–Trinajstić information content (AvgIpc) is 3.25. The molecule has 0 atom stereocenters. The Morgan fingerprint density at radius 2 is 1.86 bits per heavy atom. The molecule has 1 aromatic carbocycles. The molecule has 0 saturated carbocycles. The van der Waals surface area contributed by atoms with E-state index in [4.69, 9.17) is 9.47 Å². The van der Waals surface area contributed by atoms with Crippen LogP contribution < -0.4 is 14.4 Å². The van der Waals surface area contributed by atoms with Crippen molar-refractivity contribution < 1.29 is 27.5 Å². The number of thiophene rings is 1. The zero-order valence-electron chi connectivity index (χ0n) is 16.4. The topological polar surface area (TPSA) is 102 Å². The van der Waals surface area contributed by atoms with Gasteiger partial charge in [-0.15, -0.1) is 11.3 Å². The number of methoxy groups -OCH3 is 2. The number of anilines is 2. The number of carbonyl (C=O) groups is 2. The molecule has 2 aromatic rings. The maximum absolute atomic E-state index is 12.7.